The maximum Gasteiger partial charge on any atom is 0.224 e. The van der Waals surface area contributed by atoms with E-state index in [1.807, 2.05) is 37.3 Å². The van der Waals surface area contributed by atoms with Gasteiger partial charge in [-0.05, 0) is 68.0 Å². The molecule has 2 saturated carbocycles. The van der Waals surface area contributed by atoms with Crippen molar-refractivity contribution in [2.45, 2.75) is 61.6 Å². The second-order valence-corrected chi connectivity index (χ2v) is 11.7. The van der Waals surface area contributed by atoms with Crippen LogP contribution in [0.1, 0.15) is 46.0 Å². The van der Waals surface area contributed by atoms with Gasteiger partial charge in [-0.1, -0.05) is 24.6 Å². The van der Waals surface area contributed by atoms with Crippen molar-refractivity contribution in [3.63, 3.8) is 0 Å². The number of nitrogens with one attached hydrogen (secondary N) is 1. The Hall–Kier alpha value is -2.67. The number of carbonyl (C=O) groups is 2. The molecule has 0 aromatic heterocycles. The number of Topliss-reactive ketones (excluding diaryl/α,β-unsaturated/α-hetero) is 1. The van der Waals surface area contributed by atoms with Gasteiger partial charge in [0.2, 0.25) is 5.91 Å². The summed E-state index contributed by atoms with van der Waals surface area (Å²) < 4.78 is 24.9. The Morgan fingerprint density at radius 1 is 1.00 bits per heavy atom. The van der Waals surface area contributed by atoms with Crippen molar-refractivity contribution in [1.82, 2.24) is 0 Å². The number of anilines is 2. The average molecular weight is 453 g/mol. The topological polar surface area (TPSA) is 83.6 Å². The molecular formula is C25H28N2O4S. The first-order chi connectivity index (χ1) is 15.2. The van der Waals surface area contributed by atoms with E-state index in [0.717, 1.165) is 48.9 Å². The average Bonchev–Trinajstić information content (AvgIpc) is 3.58. The van der Waals surface area contributed by atoms with Crippen LogP contribution in [0.5, 0.6) is 0 Å². The molecule has 7 heteroatoms. The van der Waals surface area contributed by atoms with Crippen LogP contribution in [0.3, 0.4) is 0 Å². The van der Waals surface area contributed by atoms with Gasteiger partial charge in [0, 0.05) is 19.4 Å². The Labute approximate surface area is 188 Å². The summed E-state index contributed by atoms with van der Waals surface area (Å²) in [5.41, 5.74) is 2.42. The van der Waals surface area contributed by atoms with Crippen molar-refractivity contribution in [2.24, 2.45) is 5.92 Å². The fraction of sp³-hybridized carbons (Fsp3) is 0.440. The third-order valence-corrected chi connectivity index (χ3v) is 9.43. The molecular weight excluding hydrogens is 424 g/mol. The molecule has 1 heterocycles. The fourth-order valence-corrected chi connectivity index (χ4v) is 6.55. The number of amides is 1. The zero-order valence-corrected chi connectivity index (χ0v) is 19.2. The van der Waals surface area contributed by atoms with E-state index in [1.54, 1.807) is 17.0 Å². The Morgan fingerprint density at radius 2 is 1.66 bits per heavy atom. The van der Waals surface area contributed by atoms with Crippen LogP contribution < -0.4 is 10.2 Å². The zero-order chi connectivity index (χ0) is 22.7. The lowest BCUT2D eigenvalue weighted by atomic mass is 9.73. The molecule has 1 amide bonds. The predicted molar refractivity (Wildman–Crippen MR) is 124 cm³/mol. The third kappa shape index (κ3) is 3.34. The van der Waals surface area contributed by atoms with Crippen molar-refractivity contribution >= 4 is 32.9 Å². The minimum atomic E-state index is -3.21. The zero-order valence-electron chi connectivity index (χ0n) is 18.4. The van der Waals surface area contributed by atoms with Crippen LogP contribution in [0.25, 0.3) is 11.1 Å². The van der Waals surface area contributed by atoms with Crippen LogP contribution in [0.4, 0.5) is 11.4 Å². The van der Waals surface area contributed by atoms with E-state index in [-0.39, 0.29) is 22.9 Å². The van der Waals surface area contributed by atoms with Crippen LogP contribution >= 0.6 is 0 Å². The molecule has 32 heavy (non-hydrogen) atoms. The lowest BCUT2D eigenvalue weighted by molar-refractivity contribution is -0.132. The molecule has 0 bridgehead atoms. The van der Waals surface area contributed by atoms with Gasteiger partial charge in [0.15, 0.2) is 15.6 Å². The number of fused-ring (bicyclic) bond motifs is 1. The highest BCUT2D eigenvalue weighted by atomic mass is 32.2. The number of nitrogens with zero attached hydrogens (tertiary/aromatic N) is 1. The second kappa shape index (κ2) is 7.44. The van der Waals surface area contributed by atoms with Crippen molar-refractivity contribution in [1.29, 1.82) is 0 Å². The van der Waals surface area contributed by atoms with Gasteiger partial charge in [-0.25, -0.2) is 8.42 Å². The van der Waals surface area contributed by atoms with Gasteiger partial charge in [0.05, 0.1) is 21.5 Å². The molecule has 6 nitrogen and oxygen atoms in total. The molecule has 2 aromatic carbocycles. The second-order valence-electron chi connectivity index (χ2n) is 9.47. The summed E-state index contributed by atoms with van der Waals surface area (Å²) in [6.07, 6.45) is 4.36. The smallest absolute Gasteiger partial charge is 0.224 e. The fourth-order valence-electron chi connectivity index (χ4n) is 4.90. The minimum absolute atomic E-state index is 0.0369. The summed E-state index contributed by atoms with van der Waals surface area (Å²) >= 11 is 0. The van der Waals surface area contributed by atoms with Crippen LogP contribution in [0.15, 0.2) is 47.4 Å². The molecule has 0 saturated heterocycles. The molecule has 2 aliphatic carbocycles. The van der Waals surface area contributed by atoms with E-state index in [9.17, 15) is 18.0 Å². The molecule has 0 spiro atoms. The van der Waals surface area contributed by atoms with Crippen LogP contribution in [-0.4, -0.2) is 37.4 Å². The molecule has 2 aromatic rings. The largest absolute Gasteiger partial charge is 0.381 e. The Bertz CT molecular complexity index is 1200. The predicted octanol–water partition coefficient (Wildman–Crippen LogP) is 4.20. The van der Waals surface area contributed by atoms with E-state index in [1.165, 1.54) is 6.92 Å². The molecule has 2 fully saturated rings. The maximum atomic E-state index is 13.2. The number of hydrogen-bond acceptors (Lipinski definition) is 5. The Morgan fingerprint density at radius 3 is 2.22 bits per heavy atom. The lowest BCUT2D eigenvalue weighted by Gasteiger charge is -2.47. The number of hydrogen-bond donors (Lipinski definition) is 1. The highest BCUT2D eigenvalue weighted by Crippen LogP contribution is 2.42. The summed E-state index contributed by atoms with van der Waals surface area (Å²) in [7, 11) is -3.21. The molecule has 0 radical (unpaired) electrons. The first-order valence-electron chi connectivity index (χ1n) is 11.3. The third-order valence-electron chi connectivity index (χ3n) is 7.16. The van der Waals surface area contributed by atoms with Gasteiger partial charge < -0.3 is 5.32 Å². The van der Waals surface area contributed by atoms with Crippen molar-refractivity contribution in [2.75, 3.05) is 16.8 Å². The van der Waals surface area contributed by atoms with Crippen molar-refractivity contribution < 1.29 is 18.0 Å². The van der Waals surface area contributed by atoms with Gasteiger partial charge >= 0.3 is 0 Å². The quantitative estimate of drug-likeness (QED) is 0.735. The highest BCUT2D eigenvalue weighted by Gasteiger charge is 2.48. The molecule has 3 aliphatic rings. The molecule has 168 valence electrons. The summed E-state index contributed by atoms with van der Waals surface area (Å²) in [5.74, 6) is 0.0221. The number of rotatable bonds is 5. The first-order valence-corrected chi connectivity index (χ1v) is 12.8. The maximum absolute atomic E-state index is 13.2. The van der Waals surface area contributed by atoms with Gasteiger partial charge in [-0.2, -0.15) is 0 Å². The number of carbonyl (C=O) groups excluding carboxylic acids is 2. The molecule has 1 N–H and O–H groups in total. The van der Waals surface area contributed by atoms with E-state index in [4.69, 9.17) is 0 Å². The number of benzene rings is 2. The monoisotopic (exact) mass is 452 g/mol. The van der Waals surface area contributed by atoms with E-state index < -0.39 is 15.4 Å². The first kappa shape index (κ1) is 21.2. The SMILES string of the molecule is CC(=O)N1c2ccc(-c3ccc(S(=O)(=O)C4CC4)cc3)cc2NC[C@@]1(C)C(=O)C1CCC1. The normalized spacial score (nSPS) is 23.1. The lowest BCUT2D eigenvalue weighted by Crippen LogP contribution is -2.63. The summed E-state index contributed by atoms with van der Waals surface area (Å²) in [6.45, 7) is 3.74. The Balaban J connectivity index is 1.46. The summed E-state index contributed by atoms with van der Waals surface area (Å²) in [4.78, 5) is 27.9. The van der Waals surface area contributed by atoms with Gasteiger partial charge in [-0.15, -0.1) is 0 Å². The standard InChI is InChI=1S/C25H28N2O4S/c1-16(28)27-23-13-8-19(17-6-9-20(10-7-17)32(30,31)21-11-12-21)14-22(23)26-15-25(27,2)24(29)18-4-3-5-18/h6-10,13-14,18,21,26H,3-5,11-12,15H2,1-2H3/t25-/m0/s1. The number of sulfone groups is 1. The Kier molecular flexibility index (Phi) is 4.93. The van der Waals surface area contributed by atoms with Gasteiger partial charge in [-0.3, -0.25) is 14.5 Å². The van der Waals surface area contributed by atoms with E-state index in [0.29, 0.717) is 17.1 Å². The molecule has 0 unspecified atom stereocenters. The van der Waals surface area contributed by atoms with Crippen LogP contribution in [0, 0.1) is 5.92 Å². The van der Waals surface area contributed by atoms with Gasteiger partial charge in [0.25, 0.3) is 0 Å². The van der Waals surface area contributed by atoms with Crippen molar-refractivity contribution in [3.05, 3.63) is 42.5 Å². The van der Waals surface area contributed by atoms with Gasteiger partial charge in [0.1, 0.15) is 5.54 Å². The number of ketones is 1. The van der Waals surface area contributed by atoms with Crippen LogP contribution in [-0.2, 0) is 19.4 Å². The molecule has 5 rings (SSSR count). The summed E-state index contributed by atoms with van der Waals surface area (Å²) in [5, 5.41) is 3.15. The summed E-state index contributed by atoms with van der Waals surface area (Å²) in [6, 6.07) is 12.8. The molecule has 1 aliphatic heterocycles. The van der Waals surface area contributed by atoms with E-state index in [2.05, 4.69) is 5.32 Å². The highest BCUT2D eigenvalue weighted by molar-refractivity contribution is 7.92. The van der Waals surface area contributed by atoms with Crippen LogP contribution in [0.2, 0.25) is 0 Å². The molecule has 1 atom stereocenters. The van der Waals surface area contributed by atoms with E-state index >= 15 is 0 Å². The minimum Gasteiger partial charge on any atom is -0.381 e. The van der Waals surface area contributed by atoms with Crippen molar-refractivity contribution in [3.8, 4) is 11.1 Å².